The van der Waals surface area contributed by atoms with Crippen molar-refractivity contribution >= 4 is 73.7 Å². The van der Waals surface area contributed by atoms with Crippen LogP contribution in [0.25, 0.3) is 61.8 Å². The minimum absolute atomic E-state index is 0.0585. The van der Waals surface area contributed by atoms with Crippen LogP contribution in [-0.2, 0) is 14.3 Å². The highest BCUT2D eigenvalue weighted by Gasteiger charge is 2.36. The van der Waals surface area contributed by atoms with Gasteiger partial charge in [-0.05, 0) is 74.2 Å². The molecule has 6 rings (SSSR count). The van der Waals surface area contributed by atoms with Crippen molar-refractivity contribution in [2.75, 3.05) is 7.11 Å². The lowest BCUT2D eigenvalue weighted by Gasteiger charge is -2.07. The van der Waals surface area contributed by atoms with Crippen LogP contribution in [0.15, 0.2) is 49.6 Å². The summed E-state index contributed by atoms with van der Waals surface area (Å²) in [5.41, 5.74) is 11.3. The molecule has 44 heavy (non-hydrogen) atoms. The molecular weight excluding hydrogens is 556 g/mol. The zero-order valence-corrected chi connectivity index (χ0v) is 25.0. The van der Waals surface area contributed by atoms with Crippen molar-refractivity contribution in [1.29, 1.82) is 0 Å². The van der Waals surface area contributed by atoms with Gasteiger partial charge in [0.05, 0.1) is 35.4 Å². The van der Waals surface area contributed by atoms with Crippen LogP contribution < -0.4 is 0 Å². The van der Waals surface area contributed by atoms with Crippen LogP contribution in [0.5, 0.6) is 0 Å². The number of methoxy groups -OCH3 is 1. The number of carbonyl (C=O) groups is 2. The molecule has 0 unspecified atom stereocenters. The Morgan fingerprint density at radius 3 is 2.14 bits per heavy atom. The van der Waals surface area contributed by atoms with E-state index in [0.717, 1.165) is 45.1 Å². The average molecular weight is 587 g/mol. The fourth-order valence-electron chi connectivity index (χ4n) is 6.11. The molecule has 3 aromatic heterocycles. The maximum atomic E-state index is 13.2. The fraction of sp³-hybridized carbons (Fsp3) is 0.143. The number of allylic oxidation sites excluding steroid dienone is 6. The topological polar surface area (TPSA) is 141 Å². The number of hydrogen-bond acceptors (Lipinski definition) is 6. The third kappa shape index (κ3) is 4.08. The van der Waals surface area contributed by atoms with E-state index in [1.807, 2.05) is 45.9 Å². The number of H-pyrrole nitrogens is 2. The van der Waals surface area contributed by atoms with Crippen LogP contribution in [0.1, 0.15) is 64.4 Å². The first-order valence-corrected chi connectivity index (χ1v) is 13.9. The molecule has 0 saturated heterocycles. The van der Waals surface area contributed by atoms with Crippen molar-refractivity contribution in [2.45, 2.75) is 27.7 Å². The van der Waals surface area contributed by atoms with Crippen LogP contribution in [0.2, 0.25) is 0 Å². The molecule has 8 bridgehead atoms. The van der Waals surface area contributed by atoms with E-state index in [0.29, 0.717) is 56.0 Å². The third-order valence-electron chi connectivity index (χ3n) is 8.48. The second-order valence-electron chi connectivity index (χ2n) is 10.8. The van der Waals surface area contributed by atoms with Crippen molar-refractivity contribution in [1.82, 2.24) is 19.9 Å². The van der Waals surface area contributed by atoms with Crippen LogP contribution >= 0.6 is 0 Å². The number of fused-ring (bicyclic) bond motifs is 8. The smallest absolute Gasteiger partial charge is 0.342 e. The second kappa shape index (κ2) is 10.2. The molecule has 0 saturated carbocycles. The number of esters is 1. The van der Waals surface area contributed by atoms with Gasteiger partial charge >= 0.3 is 11.9 Å². The van der Waals surface area contributed by atoms with Crippen molar-refractivity contribution in [3.63, 3.8) is 0 Å². The van der Waals surface area contributed by atoms with E-state index in [1.165, 1.54) is 13.2 Å². The molecular formula is C35H30N4O5. The van der Waals surface area contributed by atoms with Gasteiger partial charge in [0.15, 0.2) is 0 Å². The number of aliphatic carboxylic acids is 1. The molecule has 3 aliphatic rings. The summed E-state index contributed by atoms with van der Waals surface area (Å²) in [6.45, 7) is 15.7. The zero-order chi connectivity index (χ0) is 31.6. The first-order valence-electron chi connectivity index (χ1n) is 13.9. The van der Waals surface area contributed by atoms with Crippen molar-refractivity contribution < 1.29 is 24.5 Å². The summed E-state index contributed by atoms with van der Waals surface area (Å²) in [6, 6.07) is 5.75. The lowest BCUT2D eigenvalue weighted by Crippen LogP contribution is -2.06. The number of hydrogen-bond donors (Lipinski definition) is 4. The summed E-state index contributed by atoms with van der Waals surface area (Å²) >= 11 is 0. The number of carboxylic acid groups (broad SMARTS) is 1. The van der Waals surface area contributed by atoms with Gasteiger partial charge in [-0.2, -0.15) is 0 Å². The standard InChI is InChI=1S/C35H30N4O5/c1-8-19-15(3)22-12-24-17(5)21(10-11-28(40)41)32(38-24)30-31(35(43)44-7)34(42)29-18(6)25(39-33(29)30)14-27-20(9-2)16(4)23(37-27)13-26(19)36-22/h8-14,36,39,42H,1-2H2,3-7H3,(H,40,41)/b11-10+,22-12?,23-13?,24-12?,25-14?,26-13?,27-14?,32-30?. The van der Waals surface area contributed by atoms with Crippen LogP contribution in [0.3, 0.4) is 0 Å². The third-order valence-corrected chi connectivity index (χ3v) is 8.48. The van der Waals surface area contributed by atoms with Crippen molar-refractivity contribution in [3.8, 4) is 0 Å². The van der Waals surface area contributed by atoms with Gasteiger partial charge < -0.3 is 24.9 Å². The Kier molecular flexibility index (Phi) is 6.61. The molecule has 0 aromatic carbocycles. The van der Waals surface area contributed by atoms with E-state index in [4.69, 9.17) is 14.7 Å². The minimum Gasteiger partial charge on any atom is -0.506 e. The predicted molar refractivity (Wildman–Crippen MR) is 174 cm³/mol. The van der Waals surface area contributed by atoms with Gasteiger partial charge in [0.1, 0.15) is 11.3 Å². The first kappa shape index (κ1) is 28.4. The Morgan fingerprint density at radius 1 is 0.841 bits per heavy atom. The van der Waals surface area contributed by atoms with Crippen LogP contribution in [-0.4, -0.2) is 49.2 Å². The molecule has 5 heterocycles. The number of carbonyl (C=O) groups excluding carboxylic acids is 1. The molecule has 1 aliphatic carbocycles. The molecule has 0 amide bonds. The van der Waals surface area contributed by atoms with Crippen LogP contribution in [0.4, 0.5) is 0 Å². The van der Waals surface area contributed by atoms with Gasteiger partial charge in [-0.1, -0.05) is 25.3 Å². The van der Waals surface area contributed by atoms with E-state index >= 15 is 0 Å². The quantitative estimate of drug-likeness (QED) is 0.183. The highest BCUT2D eigenvalue weighted by atomic mass is 16.5. The number of aryl methyl sites for hydroxylation is 2. The van der Waals surface area contributed by atoms with E-state index in [-0.39, 0.29) is 11.3 Å². The number of nitrogens with zero attached hydrogens (tertiary/aromatic N) is 2. The first-order chi connectivity index (χ1) is 21.0. The van der Waals surface area contributed by atoms with Crippen molar-refractivity contribution in [3.05, 3.63) is 100 Å². The van der Waals surface area contributed by atoms with Crippen molar-refractivity contribution in [2.24, 2.45) is 0 Å². The van der Waals surface area contributed by atoms with Gasteiger partial charge in [-0.25, -0.2) is 19.6 Å². The molecule has 3 aromatic rings. The van der Waals surface area contributed by atoms with E-state index in [9.17, 15) is 19.8 Å². The fourth-order valence-corrected chi connectivity index (χ4v) is 6.11. The predicted octanol–water partition coefficient (Wildman–Crippen LogP) is 7.18. The molecule has 4 N–H and O–H groups in total. The lowest BCUT2D eigenvalue weighted by atomic mass is 9.99. The number of carboxylic acids is 1. The van der Waals surface area contributed by atoms with E-state index in [2.05, 4.69) is 23.1 Å². The number of aromatic amines is 2. The molecule has 220 valence electrons. The van der Waals surface area contributed by atoms with Gasteiger partial charge in [0.2, 0.25) is 0 Å². The monoisotopic (exact) mass is 586 g/mol. The number of ether oxygens (including phenoxy) is 1. The van der Waals surface area contributed by atoms with Gasteiger partial charge in [-0.15, -0.1) is 0 Å². The molecule has 0 atom stereocenters. The SMILES string of the molecule is C=CC1=C(C)c2cc3[nH]c(cc4nc(c5c6[nH]c(cc1n2)c(C)c6C(O)=C5C(=O)OC)C(/C=C/C(=O)O)=C4C)c(C)c3C=C. The minimum atomic E-state index is -1.14. The Hall–Kier alpha value is -5.70. The summed E-state index contributed by atoms with van der Waals surface area (Å²) in [4.78, 5) is 41.5. The van der Waals surface area contributed by atoms with E-state index < -0.39 is 11.9 Å². The van der Waals surface area contributed by atoms with E-state index in [1.54, 1.807) is 12.2 Å². The number of aromatic nitrogens is 4. The number of rotatable bonds is 5. The molecule has 9 nitrogen and oxygen atoms in total. The average Bonchev–Trinajstić information content (AvgIpc) is 3.72. The summed E-state index contributed by atoms with van der Waals surface area (Å²) in [5.74, 6) is -2.13. The molecule has 0 fully saturated rings. The highest BCUT2D eigenvalue weighted by Crippen LogP contribution is 2.46. The second-order valence-corrected chi connectivity index (χ2v) is 10.8. The summed E-state index contributed by atoms with van der Waals surface area (Å²) in [6.07, 6.45) is 6.03. The Balaban J connectivity index is 1.89. The highest BCUT2D eigenvalue weighted by molar-refractivity contribution is 6.31. The summed E-state index contributed by atoms with van der Waals surface area (Å²) < 4.78 is 5.09. The zero-order valence-electron chi connectivity index (χ0n) is 25.0. The Bertz CT molecular complexity index is 2180. The lowest BCUT2D eigenvalue weighted by molar-refractivity contribution is -0.134. The molecule has 9 heteroatoms. The number of aliphatic hydroxyl groups is 1. The maximum absolute atomic E-state index is 13.2. The largest absolute Gasteiger partial charge is 0.506 e. The Morgan fingerprint density at radius 2 is 1.48 bits per heavy atom. The van der Waals surface area contributed by atoms with Gasteiger partial charge in [0, 0.05) is 50.5 Å². The van der Waals surface area contributed by atoms with Gasteiger partial charge in [0.25, 0.3) is 0 Å². The maximum Gasteiger partial charge on any atom is 0.342 e. The summed E-state index contributed by atoms with van der Waals surface area (Å²) in [5, 5.41) is 21.0. The van der Waals surface area contributed by atoms with Gasteiger partial charge in [-0.3, -0.25) is 0 Å². The van der Waals surface area contributed by atoms with Crippen LogP contribution in [0, 0.1) is 13.8 Å². The molecule has 0 spiro atoms. The number of nitrogens with one attached hydrogen (secondary N) is 2. The normalized spacial score (nSPS) is 14.2. The Labute approximate surface area is 253 Å². The molecule has 0 radical (unpaired) electrons. The summed E-state index contributed by atoms with van der Waals surface area (Å²) in [7, 11) is 1.24. The molecule has 2 aliphatic heterocycles. The number of aliphatic hydroxyl groups excluding tert-OH is 1.